The zero-order chi connectivity index (χ0) is 24.8. The van der Waals surface area contributed by atoms with Gasteiger partial charge in [-0.15, -0.1) is 0 Å². The molecule has 190 valence electrons. The van der Waals surface area contributed by atoms with Gasteiger partial charge < -0.3 is 19.4 Å². The Kier molecular flexibility index (Phi) is 6.05. The Morgan fingerprint density at radius 3 is 2.75 bits per heavy atom. The second-order valence-electron chi connectivity index (χ2n) is 10.5. The Morgan fingerprint density at radius 1 is 1.19 bits per heavy atom. The fourth-order valence-corrected chi connectivity index (χ4v) is 5.92. The van der Waals surface area contributed by atoms with Crippen LogP contribution in [0.1, 0.15) is 50.6 Å². The average molecular weight is 491 g/mol. The summed E-state index contributed by atoms with van der Waals surface area (Å²) in [6, 6.07) is 6.51. The summed E-state index contributed by atoms with van der Waals surface area (Å²) in [6.07, 6.45) is 6.63. The summed E-state index contributed by atoms with van der Waals surface area (Å²) in [5, 5.41) is 4.32. The van der Waals surface area contributed by atoms with Crippen molar-refractivity contribution in [3.8, 4) is 16.9 Å². The molecule has 0 bridgehead atoms. The first-order valence-corrected chi connectivity index (χ1v) is 13.0. The van der Waals surface area contributed by atoms with E-state index in [1.165, 1.54) is 11.9 Å². The molecule has 2 aliphatic rings. The van der Waals surface area contributed by atoms with Gasteiger partial charge in [0.15, 0.2) is 11.4 Å². The fourth-order valence-electron chi connectivity index (χ4n) is 5.92. The lowest BCUT2D eigenvalue weighted by Gasteiger charge is -2.33. The minimum atomic E-state index is -0.0243. The minimum Gasteiger partial charge on any atom is -0.493 e. The SMILES string of the molecule is COc1cc(-c2cc3[nH]c(=O)n(C4CCN(CC5CCOC5)CC4)c3cc2C(C)C)cn2ncnc12. The van der Waals surface area contributed by atoms with Gasteiger partial charge in [0.05, 0.1) is 24.8 Å². The molecule has 2 saturated heterocycles. The van der Waals surface area contributed by atoms with E-state index in [-0.39, 0.29) is 17.6 Å². The molecular formula is C27H34N6O3. The maximum absolute atomic E-state index is 13.2. The largest absolute Gasteiger partial charge is 0.493 e. The lowest BCUT2D eigenvalue weighted by Crippen LogP contribution is -2.39. The third-order valence-corrected chi connectivity index (χ3v) is 7.84. The summed E-state index contributed by atoms with van der Waals surface area (Å²) >= 11 is 0. The topological polar surface area (TPSA) is 89.7 Å². The predicted molar refractivity (Wildman–Crippen MR) is 139 cm³/mol. The van der Waals surface area contributed by atoms with Crippen LogP contribution in [-0.2, 0) is 4.74 Å². The molecule has 6 rings (SSSR count). The average Bonchev–Trinajstić information content (AvgIpc) is 3.62. The number of benzene rings is 1. The summed E-state index contributed by atoms with van der Waals surface area (Å²) in [6.45, 7) is 9.31. The first-order valence-electron chi connectivity index (χ1n) is 13.0. The van der Waals surface area contributed by atoms with Crippen LogP contribution in [0.4, 0.5) is 0 Å². The number of pyridine rings is 1. The first kappa shape index (κ1) is 23.2. The predicted octanol–water partition coefficient (Wildman–Crippen LogP) is 3.84. The van der Waals surface area contributed by atoms with Crippen molar-refractivity contribution < 1.29 is 9.47 Å². The van der Waals surface area contributed by atoms with Gasteiger partial charge in [0.1, 0.15) is 6.33 Å². The van der Waals surface area contributed by atoms with Gasteiger partial charge in [-0.05, 0) is 60.4 Å². The number of fused-ring (bicyclic) bond motifs is 2. The summed E-state index contributed by atoms with van der Waals surface area (Å²) in [5.41, 5.74) is 5.74. The molecule has 3 aromatic heterocycles. The second-order valence-corrected chi connectivity index (χ2v) is 10.5. The molecule has 4 aromatic rings. The Morgan fingerprint density at radius 2 is 2.03 bits per heavy atom. The second kappa shape index (κ2) is 9.37. The first-order chi connectivity index (χ1) is 17.5. The summed E-state index contributed by atoms with van der Waals surface area (Å²) in [4.78, 5) is 23.2. The Balaban J connectivity index is 1.35. The van der Waals surface area contributed by atoms with Gasteiger partial charge in [-0.1, -0.05) is 13.8 Å². The molecule has 2 fully saturated rings. The number of nitrogens with one attached hydrogen (secondary N) is 1. The van der Waals surface area contributed by atoms with E-state index in [1.807, 2.05) is 16.8 Å². The van der Waals surface area contributed by atoms with Crippen LogP contribution in [-0.4, -0.2) is 69.0 Å². The number of ether oxygens (including phenoxy) is 2. The number of H-pyrrole nitrogens is 1. The van der Waals surface area contributed by atoms with Gasteiger partial charge in [0.2, 0.25) is 0 Å². The van der Waals surface area contributed by atoms with Crippen molar-refractivity contribution in [3.63, 3.8) is 0 Å². The summed E-state index contributed by atoms with van der Waals surface area (Å²) in [7, 11) is 1.64. The molecular weight excluding hydrogens is 456 g/mol. The highest BCUT2D eigenvalue weighted by Gasteiger charge is 2.27. The number of methoxy groups -OCH3 is 1. The van der Waals surface area contributed by atoms with Crippen LogP contribution in [0, 0.1) is 5.92 Å². The standard InChI is InChI=1S/C27H34N6O3/c1-17(2)21-12-24-23(11-22(21)19-10-25(35-3)26-28-16-29-32(26)14-19)30-27(34)33(24)20-4-7-31(8-5-20)13-18-6-9-36-15-18/h10-12,14,16-18,20H,4-9,13,15H2,1-3H3,(H,30,34). The van der Waals surface area contributed by atoms with Crippen molar-refractivity contribution in [2.24, 2.45) is 5.92 Å². The molecule has 0 saturated carbocycles. The maximum atomic E-state index is 13.2. The van der Waals surface area contributed by atoms with Crippen LogP contribution in [0.15, 0.2) is 35.5 Å². The molecule has 2 aliphatic heterocycles. The van der Waals surface area contributed by atoms with Gasteiger partial charge >= 0.3 is 5.69 Å². The number of nitrogens with zero attached hydrogens (tertiary/aromatic N) is 5. The van der Waals surface area contributed by atoms with Crippen molar-refractivity contribution in [2.75, 3.05) is 40.0 Å². The zero-order valence-corrected chi connectivity index (χ0v) is 21.2. The van der Waals surface area contributed by atoms with Crippen LogP contribution in [0.3, 0.4) is 0 Å². The van der Waals surface area contributed by atoms with Gasteiger partial charge in [-0.2, -0.15) is 5.10 Å². The molecule has 5 heterocycles. The Labute approximate surface area is 210 Å². The molecule has 1 unspecified atom stereocenters. The van der Waals surface area contributed by atoms with E-state index in [0.717, 1.165) is 74.3 Å². The van der Waals surface area contributed by atoms with Crippen molar-refractivity contribution in [1.82, 2.24) is 29.0 Å². The number of aromatic amines is 1. The van der Waals surface area contributed by atoms with Crippen LogP contribution >= 0.6 is 0 Å². The summed E-state index contributed by atoms with van der Waals surface area (Å²) in [5.74, 6) is 1.59. The number of hydrogen-bond acceptors (Lipinski definition) is 6. The van der Waals surface area contributed by atoms with E-state index in [9.17, 15) is 4.79 Å². The quantitative estimate of drug-likeness (QED) is 0.442. The van der Waals surface area contributed by atoms with E-state index < -0.39 is 0 Å². The Hall–Kier alpha value is -3.17. The number of piperidine rings is 1. The normalized spacial score (nSPS) is 19.7. The van der Waals surface area contributed by atoms with Gasteiger partial charge in [0, 0.05) is 44.0 Å². The van der Waals surface area contributed by atoms with Crippen molar-refractivity contribution in [2.45, 2.75) is 45.1 Å². The minimum absolute atomic E-state index is 0.0243. The fraction of sp³-hybridized carbons (Fsp3) is 0.519. The maximum Gasteiger partial charge on any atom is 0.326 e. The molecule has 36 heavy (non-hydrogen) atoms. The molecule has 1 atom stereocenters. The smallest absolute Gasteiger partial charge is 0.326 e. The number of imidazole rings is 1. The summed E-state index contributed by atoms with van der Waals surface area (Å²) < 4.78 is 14.9. The van der Waals surface area contributed by atoms with E-state index in [1.54, 1.807) is 11.6 Å². The molecule has 0 spiro atoms. The molecule has 0 aliphatic carbocycles. The van der Waals surface area contributed by atoms with Crippen LogP contribution in [0.25, 0.3) is 27.8 Å². The van der Waals surface area contributed by atoms with Gasteiger partial charge in [-0.25, -0.2) is 14.3 Å². The van der Waals surface area contributed by atoms with Crippen LogP contribution < -0.4 is 10.4 Å². The number of likely N-dealkylation sites (tertiary alicyclic amines) is 1. The van der Waals surface area contributed by atoms with E-state index in [4.69, 9.17) is 9.47 Å². The van der Waals surface area contributed by atoms with Crippen molar-refractivity contribution >= 4 is 16.7 Å². The highest BCUT2D eigenvalue weighted by atomic mass is 16.5. The zero-order valence-electron chi connectivity index (χ0n) is 21.2. The number of aromatic nitrogens is 5. The van der Waals surface area contributed by atoms with Crippen molar-refractivity contribution in [3.05, 3.63) is 46.8 Å². The van der Waals surface area contributed by atoms with Crippen LogP contribution in [0.2, 0.25) is 0 Å². The molecule has 9 heteroatoms. The third-order valence-electron chi connectivity index (χ3n) is 7.84. The lowest BCUT2D eigenvalue weighted by atomic mass is 9.92. The molecule has 1 aromatic carbocycles. The third kappa shape index (κ3) is 4.10. The van der Waals surface area contributed by atoms with E-state index in [0.29, 0.717) is 17.3 Å². The molecule has 0 radical (unpaired) electrons. The van der Waals surface area contributed by atoms with Gasteiger partial charge in [-0.3, -0.25) is 4.57 Å². The molecule has 9 nitrogen and oxygen atoms in total. The molecule has 0 amide bonds. The van der Waals surface area contributed by atoms with E-state index >= 15 is 0 Å². The number of hydrogen-bond donors (Lipinski definition) is 1. The highest BCUT2D eigenvalue weighted by Crippen LogP contribution is 2.36. The number of rotatable bonds is 6. The lowest BCUT2D eigenvalue weighted by molar-refractivity contribution is 0.142. The van der Waals surface area contributed by atoms with Crippen LogP contribution in [0.5, 0.6) is 5.75 Å². The highest BCUT2D eigenvalue weighted by molar-refractivity contribution is 5.85. The van der Waals surface area contributed by atoms with E-state index in [2.05, 4.69) is 45.9 Å². The monoisotopic (exact) mass is 490 g/mol. The van der Waals surface area contributed by atoms with Gasteiger partial charge in [0.25, 0.3) is 0 Å². The van der Waals surface area contributed by atoms with Crippen molar-refractivity contribution in [1.29, 1.82) is 0 Å². The molecule has 1 N–H and O–H groups in total. The Bertz CT molecular complexity index is 1440.